The summed E-state index contributed by atoms with van der Waals surface area (Å²) in [5.41, 5.74) is 1.95. The molecule has 10 heteroatoms. The van der Waals surface area contributed by atoms with Gasteiger partial charge >= 0.3 is 0 Å². The Morgan fingerprint density at radius 1 is 0.950 bits per heavy atom. The molecule has 0 fully saturated rings. The number of anilines is 1. The van der Waals surface area contributed by atoms with Gasteiger partial charge in [0.1, 0.15) is 12.6 Å². The van der Waals surface area contributed by atoms with E-state index in [0.29, 0.717) is 22.8 Å². The van der Waals surface area contributed by atoms with E-state index in [4.69, 9.17) is 11.6 Å². The Kier molecular flexibility index (Phi) is 11.1. The molecule has 0 aromatic heterocycles. The first-order valence-corrected chi connectivity index (χ1v) is 16.0. The Hall–Kier alpha value is -3.01. The van der Waals surface area contributed by atoms with Crippen molar-refractivity contribution in [3.05, 3.63) is 88.9 Å². The monoisotopic (exact) mass is 601 g/mol. The highest BCUT2D eigenvalue weighted by Gasteiger charge is 2.32. The minimum Gasteiger partial charge on any atom is -0.354 e. The number of aryl methyl sites for hydroxylation is 1. The molecule has 1 N–H and O–H groups in total. The summed E-state index contributed by atoms with van der Waals surface area (Å²) in [4.78, 5) is 29.4. The highest BCUT2D eigenvalue weighted by Crippen LogP contribution is 2.27. The third-order valence-corrected chi connectivity index (χ3v) is 9.30. The van der Waals surface area contributed by atoms with Crippen LogP contribution >= 0.6 is 23.4 Å². The van der Waals surface area contributed by atoms with Crippen molar-refractivity contribution in [2.24, 2.45) is 5.92 Å². The minimum atomic E-state index is -4.12. The number of thioether (sulfide) groups is 1. The number of hydrogen-bond acceptors (Lipinski definition) is 5. The molecule has 0 spiro atoms. The van der Waals surface area contributed by atoms with Gasteiger partial charge in [-0.2, -0.15) is 0 Å². The molecular formula is C30H36ClN3O4S2. The molecule has 3 aromatic carbocycles. The maximum atomic E-state index is 14.0. The molecule has 0 radical (unpaired) electrons. The van der Waals surface area contributed by atoms with Crippen molar-refractivity contribution in [2.45, 2.75) is 50.1 Å². The number of benzene rings is 3. The maximum Gasteiger partial charge on any atom is 0.264 e. The lowest BCUT2D eigenvalue weighted by molar-refractivity contribution is -0.139. The normalized spacial score (nSPS) is 12.2. The first-order chi connectivity index (χ1) is 18.9. The molecule has 0 saturated heterocycles. The predicted molar refractivity (Wildman–Crippen MR) is 163 cm³/mol. The van der Waals surface area contributed by atoms with E-state index in [1.807, 2.05) is 27.0 Å². The van der Waals surface area contributed by atoms with E-state index in [1.165, 1.54) is 28.8 Å². The lowest BCUT2D eigenvalue weighted by Gasteiger charge is -2.32. The van der Waals surface area contributed by atoms with Crippen LogP contribution in [-0.4, -0.2) is 50.5 Å². The molecule has 0 saturated carbocycles. The van der Waals surface area contributed by atoms with Crippen LogP contribution in [0.15, 0.2) is 82.6 Å². The van der Waals surface area contributed by atoms with Gasteiger partial charge in [0.15, 0.2) is 0 Å². The number of amides is 2. The Morgan fingerprint density at radius 2 is 1.57 bits per heavy atom. The van der Waals surface area contributed by atoms with Gasteiger partial charge in [-0.1, -0.05) is 61.3 Å². The second-order valence-corrected chi connectivity index (χ2v) is 13.1. The molecule has 3 rings (SSSR count). The zero-order valence-corrected chi connectivity index (χ0v) is 25.8. The molecular weight excluding hydrogens is 566 g/mol. The van der Waals surface area contributed by atoms with Crippen molar-refractivity contribution in [1.82, 2.24) is 10.2 Å². The number of hydrogen-bond donors (Lipinski definition) is 1. The minimum absolute atomic E-state index is 0.0407. The van der Waals surface area contributed by atoms with Gasteiger partial charge in [0.05, 0.1) is 10.6 Å². The number of nitrogens with zero attached hydrogens (tertiary/aromatic N) is 2. The maximum absolute atomic E-state index is 14.0. The van der Waals surface area contributed by atoms with Gasteiger partial charge in [0, 0.05) is 23.0 Å². The Labute approximate surface area is 247 Å². The summed E-state index contributed by atoms with van der Waals surface area (Å²) in [6, 6.07) is 19.7. The lowest BCUT2D eigenvalue weighted by Crippen LogP contribution is -2.51. The number of sulfonamides is 1. The highest BCUT2D eigenvalue weighted by molar-refractivity contribution is 7.98. The fourth-order valence-corrected chi connectivity index (χ4v) is 5.98. The highest BCUT2D eigenvalue weighted by atomic mass is 35.5. The average Bonchev–Trinajstić information content (AvgIpc) is 2.94. The van der Waals surface area contributed by atoms with Crippen LogP contribution in [0.5, 0.6) is 0 Å². The van der Waals surface area contributed by atoms with Crippen molar-refractivity contribution < 1.29 is 18.0 Å². The number of carbonyl (C=O) groups is 2. The number of nitrogens with one attached hydrogen (secondary N) is 1. The molecule has 0 heterocycles. The fourth-order valence-electron chi connectivity index (χ4n) is 3.96. The number of rotatable bonds is 12. The van der Waals surface area contributed by atoms with Gasteiger partial charge in [-0.05, 0) is 74.0 Å². The average molecular weight is 602 g/mol. The zero-order valence-electron chi connectivity index (χ0n) is 23.4. The molecule has 1 atom stereocenters. The summed E-state index contributed by atoms with van der Waals surface area (Å²) in [5.74, 6) is -0.632. The van der Waals surface area contributed by atoms with Gasteiger partial charge < -0.3 is 10.2 Å². The van der Waals surface area contributed by atoms with Gasteiger partial charge in [0.2, 0.25) is 11.8 Å². The summed E-state index contributed by atoms with van der Waals surface area (Å²) >= 11 is 7.91. The van der Waals surface area contributed by atoms with Crippen molar-refractivity contribution in [3.8, 4) is 0 Å². The van der Waals surface area contributed by atoms with Crippen LogP contribution in [0.2, 0.25) is 5.02 Å². The fraction of sp³-hybridized carbons (Fsp3) is 0.333. The van der Waals surface area contributed by atoms with Crippen LogP contribution in [0.25, 0.3) is 0 Å². The summed E-state index contributed by atoms with van der Waals surface area (Å²) in [6.07, 6.45) is 1.91. The Morgan fingerprint density at radius 3 is 2.15 bits per heavy atom. The van der Waals surface area contributed by atoms with Crippen LogP contribution in [0, 0.1) is 12.8 Å². The van der Waals surface area contributed by atoms with Crippen molar-refractivity contribution in [2.75, 3.05) is 23.7 Å². The second kappa shape index (κ2) is 14.1. The lowest BCUT2D eigenvalue weighted by atomic mass is 10.1. The summed E-state index contributed by atoms with van der Waals surface area (Å²) < 4.78 is 28.9. The van der Waals surface area contributed by atoms with Crippen LogP contribution in [0.3, 0.4) is 0 Å². The molecule has 7 nitrogen and oxygen atoms in total. The van der Waals surface area contributed by atoms with Crippen molar-refractivity contribution in [1.29, 1.82) is 0 Å². The summed E-state index contributed by atoms with van der Waals surface area (Å²) in [6.45, 7) is 7.49. The van der Waals surface area contributed by atoms with E-state index in [0.717, 1.165) is 14.8 Å². The van der Waals surface area contributed by atoms with Crippen LogP contribution < -0.4 is 9.62 Å². The molecule has 40 heavy (non-hydrogen) atoms. The van der Waals surface area contributed by atoms with Crippen molar-refractivity contribution >= 4 is 50.9 Å². The quantitative estimate of drug-likeness (QED) is 0.267. The summed E-state index contributed by atoms with van der Waals surface area (Å²) in [7, 11) is -4.12. The third kappa shape index (κ3) is 8.02. The van der Waals surface area contributed by atoms with Crippen LogP contribution in [0.4, 0.5) is 5.69 Å². The van der Waals surface area contributed by atoms with E-state index < -0.39 is 28.5 Å². The van der Waals surface area contributed by atoms with Gasteiger partial charge in [-0.25, -0.2) is 8.42 Å². The molecule has 3 aromatic rings. The molecule has 0 unspecified atom stereocenters. The number of carbonyl (C=O) groups excluding carboxylic acids is 2. The molecule has 0 aliphatic heterocycles. The SMILES string of the molecule is CSc1ccc(S(=O)(=O)N(CC(=O)N(Cc2ccccc2Cl)[C@@H](C)C(=O)NCC(C)C)c2ccc(C)cc2)cc1. The Balaban J connectivity index is 2.02. The largest absolute Gasteiger partial charge is 0.354 e. The third-order valence-electron chi connectivity index (χ3n) is 6.40. The molecule has 2 amide bonds. The van der Waals surface area contributed by atoms with Gasteiger partial charge in [-0.15, -0.1) is 11.8 Å². The van der Waals surface area contributed by atoms with E-state index in [-0.39, 0.29) is 23.3 Å². The number of halogens is 1. The predicted octanol–water partition coefficient (Wildman–Crippen LogP) is 5.76. The molecule has 0 aliphatic carbocycles. The summed E-state index contributed by atoms with van der Waals surface area (Å²) in [5, 5.41) is 3.33. The van der Waals surface area contributed by atoms with Crippen molar-refractivity contribution in [3.63, 3.8) is 0 Å². The molecule has 0 bridgehead atoms. The van der Waals surface area contributed by atoms with Gasteiger partial charge in [0.25, 0.3) is 10.0 Å². The molecule has 0 aliphatic rings. The Bertz CT molecular complexity index is 1410. The van der Waals surface area contributed by atoms with Crippen LogP contribution in [0.1, 0.15) is 31.9 Å². The van der Waals surface area contributed by atoms with E-state index in [9.17, 15) is 18.0 Å². The van der Waals surface area contributed by atoms with E-state index in [1.54, 1.807) is 67.6 Å². The topological polar surface area (TPSA) is 86.8 Å². The standard InChI is InChI=1S/C30H36ClN3O4S2/c1-21(2)18-32-30(36)23(4)33(19-24-8-6-7-9-28(24)31)29(35)20-34(25-12-10-22(3)11-13-25)40(37,38)27-16-14-26(39-5)15-17-27/h6-17,21,23H,18-20H2,1-5H3,(H,32,36)/t23-/m0/s1. The first-order valence-electron chi connectivity index (χ1n) is 13.0. The second-order valence-electron chi connectivity index (χ2n) is 9.95. The smallest absolute Gasteiger partial charge is 0.264 e. The van der Waals surface area contributed by atoms with E-state index in [2.05, 4.69) is 5.32 Å². The van der Waals surface area contributed by atoms with Gasteiger partial charge in [-0.3, -0.25) is 13.9 Å². The first kappa shape index (κ1) is 31.5. The molecule has 214 valence electrons. The zero-order chi connectivity index (χ0) is 29.4. The van der Waals surface area contributed by atoms with E-state index >= 15 is 0 Å². The van der Waals surface area contributed by atoms with Crippen LogP contribution in [-0.2, 0) is 26.2 Å².